The highest BCUT2D eigenvalue weighted by Gasteiger charge is 2.26. The number of hydrogen-bond donors (Lipinski definition) is 4. The number of phosphoric acid groups is 1. The van der Waals surface area contributed by atoms with Crippen LogP contribution in [0.4, 0.5) is 0 Å². The average molecular weight is 249 g/mol. The minimum absolute atomic E-state index is 0.372. The third-order valence-corrected chi connectivity index (χ3v) is 2.01. The lowest BCUT2D eigenvalue weighted by Crippen LogP contribution is -2.37. The molecule has 0 saturated carbocycles. The van der Waals surface area contributed by atoms with Crippen molar-refractivity contribution in [2.45, 2.75) is 12.2 Å². The maximum absolute atomic E-state index is 10.9. The molecule has 0 aromatic carbocycles. The Bertz CT molecular complexity index is 238. The molecule has 84 valence electrons. The molecule has 0 aliphatic heterocycles. The Kier molecular flexibility index (Phi) is 5.77. The van der Waals surface area contributed by atoms with Gasteiger partial charge < -0.3 is 20.0 Å². The first-order chi connectivity index (χ1) is 6.28. The number of rotatable bonds is 6. The van der Waals surface area contributed by atoms with Crippen LogP contribution in [-0.2, 0) is 13.9 Å². The van der Waals surface area contributed by atoms with Crippen LogP contribution in [0.1, 0.15) is 0 Å². The summed E-state index contributed by atoms with van der Waals surface area (Å²) < 4.78 is 14.0. The minimum atomic E-state index is -4.74. The topological polar surface area (TPSA) is 124 Å². The van der Waals surface area contributed by atoms with Crippen molar-refractivity contribution in [1.29, 1.82) is 0 Å². The van der Waals surface area contributed by atoms with Gasteiger partial charge in [-0.3, -0.25) is 9.32 Å². The molecule has 0 bridgehead atoms. The standard InChI is InChI=1S/C5H10ClO7P/c6-1-3(7)5(9)4(8)2-13-14(10,11)12/h3,5,7,9H,1-2H2,(H2,10,11,12). The van der Waals surface area contributed by atoms with E-state index in [0.717, 1.165) is 0 Å². The van der Waals surface area contributed by atoms with Gasteiger partial charge in [0.2, 0.25) is 0 Å². The molecule has 0 heterocycles. The van der Waals surface area contributed by atoms with Gasteiger partial charge >= 0.3 is 7.82 Å². The van der Waals surface area contributed by atoms with Gasteiger partial charge in [-0.05, 0) is 0 Å². The van der Waals surface area contributed by atoms with Crippen LogP contribution in [0, 0.1) is 0 Å². The number of Topliss-reactive ketones (excluding diaryl/α,β-unsaturated/α-hetero) is 1. The number of aliphatic hydroxyl groups is 2. The van der Waals surface area contributed by atoms with Crippen molar-refractivity contribution in [3.63, 3.8) is 0 Å². The lowest BCUT2D eigenvalue weighted by atomic mass is 10.1. The molecule has 0 rings (SSSR count). The lowest BCUT2D eigenvalue weighted by molar-refractivity contribution is -0.134. The average Bonchev–Trinajstić information content (AvgIpc) is 2.10. The molecule has 7 nitrogen and oxygen atoms in total. The monoisotopic (exact) mass is 248 g/mol. The third kappa shape index (κ3) is 5.66. The molecule has 4 N–H and O–H groups in total. The van der Waals surface area contributed by atoms with Crippen molar-refractivity contribution in [1.82, 2.24) is 0 Å². The Morgan fingerprint density at radius 1 is 1.43 bits per heavy atom. The van der Waals surface area contributed by atoms with E-state index < -0.39 is 32.4 Å². The zero-order valence-electron chi connectivity index (χ0n) is 6.91. The fourth-order valence-electron chi connectivity index (χ4n) is 0.532. The molecular weight excluding hydrogens is 238 g/mol. The highest BCUT2D eigenvalue weighted by atomic mass is 35.5. The number of phosphoric ester groups is 1. The van der Waals surface area contributed by atoms with Gasteiger partial charge in [0.15, 0.2) is 5.78 Å². The van der Waals surface area contributed by atoms with E-state index in [0.29, 0.717) is 0 Å². The Labute approximate surface area is 84.5 Å². The summed E-state index contributed by atoms with van der Waals surface area (Å²) in [6, 6.07) is 0. The quantitative estimate of drug-likeness (QED) is 0.337. The lowest BCUT2D eigenvalue weighted by Gasteiger charge is -2.13. The Morgan fingerprint density at radius 3 is 2.29 bits per heavy atom. The van der Waals surface area contributed by atoms with Crippen molar-refractivity contribution in [3.8, 4) is 0 Å². The van der Waals surface area contributed by atoms with E-state index in [1.165, 1.54) is 0 Å². The first-order valence-corrected chi connectivity index (χ1v) is 5.49. The summed E-state index contributed by atoms with van der Waals surface area (Å²) in [5, 5.41) is 17.8. The maximum atomic E-state index is 10.9. The number of alkyl halides is 1. The van der Waals surface area contributed by atoms with Crippen LogP contribution in [0.15, 0.2) is 0 Å². The highest BCUT2D eigenvalue weighted by Crippen LogP contribution is 2.35. The van der Waals surface area contributed by atoms with Crippen LogP contribution < -0.4 is 0 Å². The van der Waals surface area contributed by atoms with Crippen molar-refractivity contribution < 1.29 is 33.9 Å². The molecule has 0 aromatic heterocycles. The molecule has 9 heteroatoms. The van der Waals surface area contributed by atoms with Crippen LogP contribution in [0.5, 0.6) is 0 Å². The van der Waals surface area contributed by atoms with E-state index >= 15 is 0 Å². The van der Waals surface area contributed by atoms with Gasteiger partial charge in [-0.25, -0.2) is 4.57 Å². The SMILES string of the molecule is O=C(COP(=O)(O)O)C(O)C(O)CCl. The first kappa shape index (κ1) is 14.0. The van der Waals surface area contributed by atoms with E-state index in [1.807, 2.05) is 0 Å². The molecule has 0 aliphatic carbocycles. The Morgan fingerprint density at radius 2 is 1.93 bits per heavy atom. The number of ketones is 1. The Hall–Kier alpha value is -0.0100. The molecule has 0 radical (unpaired) electrons. The van der Waals surface area contributed by atoms with Crippen molar-refractivity contribution in [2.75, 3.05) is 12.5 Å². The van der Waals surface area contributed by atoms with E-state index in [1.54, 1.807) is 0 Å². The van der Waals surface area contributed by atoms with Crippen LogP contribution in [0.25, 0.3) is 0 Å². The predicted octanol–water partition coefficient (Wildman–Crippen LogP) is -1.37. The highest BCUT2D eigenvalue weighted by molar-refractivity contribution is 7.46. The number of carbonyl (C=O) groups excluding carboxylic acids is 1. The van der Waals surface area contributed by atoms with Gasteiger partial charge in [0.25, 0.3) is 0 Å². The Balaban J connectivity index is 4.03. The summed E-state index contributed by atoms with van der Waals surface area (Å²) in [4.78, 5) is 27.3. The fraction of sp³-hybridized carbons (Fsp3) is 0.800. The van der Waals surface area contributed by atoms with Gasteiger partial charge in [0.05, 0.1) is 5.88 Å². The third-order valence-electron chi connectivity index (χ3n) is 1.23. The van der Waals surface area contributed by atoms with Crippen LogP contribution in [-0.4, -0.2) is 50.5 Å². The summed E-state index contributed by atoms with van der Waals surface area (Å²) in [5.74, 6) is -1.43. The molecule has 14 heavy (non-hydrogen) atoms. The number of aliphatic hydroxyl groups excluding tert-OH is 2. The van der Waals surface area contributed by atoms with Gasteiger partial charge in [-0.1, -0.05) is 0 Å². The largest absolute Gasteiger partial charge is 0.470 e. The van der Waals surface area contributed by atoms with Crippen LogP contribution in [0.3, 0.4) is 0 Å². The van der Waals surface area contributed by atoms with Crippen molar-refractivity contribution in [3.05, 3.63) is 0 Å². The summed E-state index contributed by atoms with van der Waals surface area (Å²) in [6.45, 7) is -0.987. The first-order valence-electron chi connectivity index (χ1n) is 3.43. The molecule has 0 aromatic rings. The van der Waals surface area contributed by atoms with Crippen molar-refractivity contribution in [2.24, 2.45) is 0 Å². The number of halogens is 1. The minimum Gasteiger partial charge on any atom is -0.389 e. The second-order valence-electron chi connectivity index (χ2n) is 2.40. The second-order valence-corrected chi connectivity index (χ2v) is 3.94. The number of hydrogen-bond acceptors (Lipinski definition) is 5. The predicted molar refractivity (Wildman–Crippen MR) is 45.7 cm³/mol. The molecule has 0 spiro atoms. The maximum Gasteiger partial charge on any atom is 0.470 e. The molecule has 2 atom stereocenters. The molecular formula is C5H10ClO7P. The zero-order valence-corrected chi connectivity index (χ0v) is 8.56. The van der Waals surface area contributed by atoms with Gasteiger partial charge in [0.1, 0.15) is 18.8 Å². The van der Waals surface area contributed by atoms with Crippen LogP contribution >= 0.6 is 19.4 Å². The smallest absolute Gasteiger partial charge is 0.389 e. The summed E-state index contributed by atoms with van der Waals surface area (Å²) in [6.07, 6.45) is -3.29. The second kappa shape index (κ2) is 5.77. The molecule has 0 amide bonds. The summed E-state index contributed by atoms with van der Waals surface area (Å²) in [7, 11) is -4.74. The fourth-order valence-corrected chi connectivity index (χ4v) is 0.996. The summed E-state index contributed by atoms with van der Waals surface area (Å²) >= 11 is 5.12. The molecule has 2 unspecified atom stereocenters. The normalized spacial score (nSPS) is 16.4. The van der Waals surface area contributed by atoms with E-state index in [4.69, 9.17) is 31.6 Å². The van der Waals surface area contributed by atoms with Crippen molar-refractivity contribution >= 4 is 25.2 Å². The molecule has 0 fully saturated rings. The number of carbonyl (C=O) groups is 1. The molecule has 0 saturated heterocycles. The van der Waals surface area contributed by atoms with E-state index in [9.17, 15) is 9.36 Å². The van der Waals surface area contributed by atoms with E-state index in [-0.39, 0.29) is 5.88 Å². The van der Waals surface area contributed by atoms with E-state index in [2.05, 4.69) is 4.52 Å². The van der Waals surface area contributed by atoms with Gasteiger partial charge in [-0.2, -0.15) is 0 Å². The van der Waals surface area contributed by atoms with Crippen LogP contribution in [0.2, 0.25) is 0 Å². The summed E-state index contributed by atoms with van der Waals surface area (Å²) in [5.41, 5.74) is 0. The molecule has 0 aliphatic rings. The van der Waals surface area contributed by atoms with Gasteiger partial charge in [-0.15, -0.1) is 11.6 Å². The van der Waals surface area contributed by atoms with Gasteiger partial charge in [0, 0.05) is 0 Å². The zero-order chi connectivity index (χ0) is 11.4.